The molecule has 5 nitrogen and oxygen atoms in total. The highest BCUT2D eigenvalue weighted by atomic mass is 35.5. The number of nitrogens with zero attached hydrogens (tertiary/aromatic N) is 2. The van der Waals surface area contributed by atoms with Crippen LogP contribution in [0, 0.1) is 5.82 Å². The minimum Gasteiger partial charge on any atom is -0.489 e. The summed E-state index contributed by atoms with van der Waals surface area (Å²) in [5.74, 6) is 0.212. The SMILES string of the molecule is O=C(Nc1nn(Cc2ccc(Cl)cc2)cc1Cl)c1ccc(COc2ccc(F)cc2)cc1. The summed E-state index contributed by atoms with van der Waals surface area (Å²) in [7, 11) is 0. The van der Waals surface area contributed by atoms with Crippen molar-refractivity contribution in [3.63, 3.8) is 0 Å². The van der Waals surface area contributed by atoms with Crippen molar-refractivity contribution in [2.24, 2.45) is 0 Å². The number of benzene rings is 3. The van der Waals surface area contributed by atoms with Crippen molar-refractivity contribution < 1.29 is 13.9 Å². The molecule has 0 aliphatic carbocycles. The molecule has 8 heteroatoms. The van der Waals surface area contributed by atoms with Crippen LogP contribution < -0.4 is 10.1 Å². The molecule has 0 bridgehead atoms. The zero-order chi connectivity index (χ0) is 22.5. The first-order valence-electron chi connectivity index (χ1n) is 9.72. The molecule has 4 rings (SSSR count). The molecular weight excluding hydrogens is 452 g/mol. The van der Waals surface area contributed by atoms with Crippen molar-refractivity contribution in [3.8, 4) is 5.75 Å². The molecule has 0 saturated heterocycles. The minimum atomic E-state index is -0.324. The van der Waals surface area contributed by atoms with Crippen LogP contribution in [0.2, 0.25) is 10.0 Å². The number of anilines is 1. The highest BCUT2D eigenvalue weighted by molar-refractivity contribution is 6.33. The van der Waals surface area contributed by atoms with E-state index in [4.69, 9.17) is 27.9 Å². The van der Waals surface area contributed by atoms with Gasteiger partial charge in [0, 0.05) is 16.8 Å². The van der Waals surface area contributed by atoms with Crippen molar-refractivity contribution in [3.05, 3.63) is 112 Å². The van der Waals surface area contributed by atoms with Gasteiger partial charge >= 0.3 is 0 Å². The fourth-order valence-electron chi connectivity index (χ4n) is 2.97. The van der Waals surface area contributed by atoms with Crippen LogP contribution in [0.5, 0.6) is 5.75 Å². The van der Waals surface area contributed by atoms with Gasteiger partial charge in [-0.3, -0.25) is 9.48 Å². The lowest BCUT2D eigenvalue weighted by Crippen LogP contribution is -2.13. The van der Waals surface area contributed by atoms with Crippen LogP contribution in [0.3, 0.4) is 0 Å². The average Bonchev–Trinajstić information content (AvgIpc) is 3.13. The van der Waals surface area contributed by atoms with Gasteiger partial charge in [-0.2, -0.15) is 5.10 Å². The molecule has 4 aromatic rings. The van der Waals surface area contributed by atoms with Crippen molar-refractivity contribution in [1.82, 2.24) is 9.78 Å². The summed E-state index contributed by atoms with van der Waals surface area (Å²) < 4.78 is 20.2. The van der Waals surface area contributed by atoms with Gasteiger partial charge in [0.15, 0.2) is 5.82 Å². The monoisotopic (exact) mass is 469 g/mol. The molecule has 162 valence electrons. The van der Waals surface area contributed by atoms with Gasteiger partial charge in [-0.05, 0) is 59.7 Å². The summed E-state index contributed by atoms with van der Waals surface area (Å²) in [5, 5.41) is 8.09. The molecule has 32 heavy (non-hydrogen) atoms. The van der Waals surface area contributed by atoms with Crippen molar-refractivity contribution in [1.29, 1.82) is 0 Å². The zero-order valence-corrected chi connectivity index (χ0v) is 18.3. The van der Waals surface area contributed by atoms with Crippen LogP contribution in [0.4, 0.5) is 10.2 Å². The summed E-state index contributed by atoms with van der Waals surface area (Å²) in [6, 6.07) is 20.2. The Morgan fingerprint density at radius 2 is 1.59 bits per heavy atom. The number of hydrogen-bond acceptors (Lipinski definition) is 3. The topological polar surface area (TPSA) is 56.2 Å². The second-order valence-electron chi connectivity index (χ2n) is 7.04. The smallest absolute Gasteiger partial charge is 0.256 e. The molecule has 1 aromatic heterocycles. The molecule has 0 aliphatic rings. The molecule has 0 saturated carbocycles. The molecule has 1 heterocycles. The van der Waals surface area contributed by atoms with Crippen LogP contribution in [-0.2, 0) is 13.2 Å². The van der Waals surface area contributed by atoms with Crippen molar-refractivity contribution in [2.75, 3.05) is 5.32 Å². The quantitative estimate of drug-likeness (QED) is 0.350. The lowest BCUT2D eigenvalue weighted by molar-refractivity contribution is 0.102. The zero-order valence-electron chi connectivity index (χ0n) is 16.8. The van der Waals surface area contributed by atoms with E-state index in [1.54, 1.807) is 59.4 Å². The number of nitrogens with one attached hydrogen (secondary N) is 1. The number of amides is 1. The van der Waals surface area contributed by atoms with Crippen molar-refractivity contribution >= 4 is 34.9 Å². The van der Waals surface area contributed by atoms with E-state index in [9.17, 15) is 9.18 Å². The predicted molar refractivity (Wildman–Crippen MR) is 123 cm³/mol. The van der Waals surface area contributed by atoms with E-state index in [0.717, 1.165) is 11.1 Å². The van der Waals surface area contributed by atoms with Gasteiger partial charge in [-0.1, -0.05) is 47.5 Å². The van der Waals surface area contributed by atoms with E-state index >= 15 is 0 Å². The fourth-order valence-corrected chi connectivity index (χ4v) is 3.29. The first kappa shape index (κ1) is 21.9. The van der Waals surface area contributed by atoms with Crippen LogP contribution in [0.25, 0.3) is 0 Å². The third-order valence-corrected chi connectivity index (χ3v) is 5.17. The Morgan fingerprint density at radius 1 is 0.938 bits per heavy atom. The summed E-state index contributed by atoms with van der Waals surface area (Å²) in [5.41, 5.74) is 2.33. The first-order chi connectivity index (χ1) is 15.5. The Hall–Kier alpha value is -3.35. The predicted octanol–water partition coefficient (Wildman–Crippen LogP) is 6.21. The number of aromatic nitrogens is 2. The number of carbonyl (C=O) groups excluding carboxylic acids is 1. The summed E-state index contributed by atoms with van der Waals surface area (Å²) in [6.45, 7) is 0.796. The summed E-state index contributed by atoms with van der Waals surface area (Å²) >= 11 is 12.2. The van der Waals surface area contributed by atoms with Crippen LogP contribution in [-0.4, -0.2) is 15.7 Å². The lowest BCUT2D eigenvalue weighted by atomic mass is 10.1. The van der Waals surface area contributed by atoms with E-state index in [0.29, 0.717) is 34.5 Å². The molecule has 0 atom stereocenters. The molecule has 0 aliphatic heterocycles. The second-order valence-corrected chi connectivity index (χ2v) is 7.89. The highest BCUT2D eigenvalue weighted by Gasteiger charge is 2.13. The maximum Gasteiger partial charge on any atom is 0.256 e. The Balaban J connectivity index is 1.35. The lowest BCUT2D eigenvalue weighted by Gasteiger charge is -2.07. The van der Waals surface area contributed by atoms with E-state index in [1.165, 1.54) is 12.1 Å². The molecular formula is C24H18Cl2FN3O2. The largest absolute Gasteiger partial charge is 0.489 e. The molecule has 1 amide bonds. The number of rotatable bonds is 7. The number of hydrogen-bond donors (Lipinski definition) is 1. The number of halogens is 3. The van der Waals surface area contributed by atoms with Gasteiger partial charge in [-0.15, -0.1) is 0 Å². The van der Waals surface area contributed by atoms with E-state index in [-0.39, 0.29) is 17.5 Å². The Labute approximate surface area is 194 Å². The van der Waals surface area contributed by atoms with Gasteiger partial charge < -0.3 is 10.1 Å². The maximum absolute atomic E-state index is 13.0. The standard InChI is InChI=1S/C24H18Cl2FN3O2/c25-19-7-3-16(4-8-19)13-30-14-22(26)23(29-30)28-24(31)18-5-1-17(2-6-18)15-32-21-11-9-20(27)10-12-21/h1-12,14H,13,15H2,(H,28,29,31). The fraction of sp³-hybridized carbons (Fsp3) is 0.0833. The maximum atomic E-state index is 13.0. The number of carbonyl (C=O) groups is 1. The van der Waals surface area contributed by atoms with E-state index in [2.05, 4.69) is 10.4 Å². The summed E-state index contributed by atoms with van der Waals surface area (Å²) in [4.78, 5) is 12.6. The molecule has 0 radical (unpaired) electrons. The average molecular weight is 470 g/mol. The van der Waals surface area contributed by atoms with Gasteiger partial charge in [0.25, 0.3) is 5.91 Å². The van der Waals surface area contributed by atoms with Gasteiger partial charge in [0.2, 0.25) is 0 Å². The Morgan fingerprint density at radius 3 is 2.28 bits per heavy atom. The Bertz CT molecular complexity index is 1210. The number of ether oxygens (including phenoxy) is 1. The van der Waals surface area contributed by atoms with Gasteiger partial charge in [-0.25, -0.2) is 4.39 Å². The molecule has 0 unspecified atom stereocenters. The van der Waals surface area contributed by atoms with E-state index < -0.39 is 0 Å². The molecule has 0 fully saturated rings. The summed E-state index contributed by atoms with van der Waals surface area (Å²) in [6.07, 6.45) is 1.65. The second kappa shape index (κ2) is 9.85. The van der Waals surface area contributed by atoms with Gasteiger partial charge in [0.05, 0.1) is 6.54 Å². The minimum absolute atomic E-state index is 0.286. The normalized spacial score (nSPS) is 10.7. The third kappa shape index (κ3) is 5.66. The third-order valence-electron chi connectivity index (χ3n) is 4.64. The van der Waals surface area contributed by atoms with Gasteiger partial charge in [0.1, 0.15) is 23.2 Å². The molecule has 0 spiro atoms. The van der Waals surface area contributed by atoms with E-state index in [1.807, 2.05) is 12.1 Å². The van der Waals surface area contributed by atoms with Crippen molar-refractivity contribution in [2.45, 2.75) is 13.2 Å². The van der Waals surface area contributed by atoms with Crippen LogP contribution >= 0.6 is 23.2 Å². The van der Waals surface area contributed by atoms with Crippen LogP contribution in [0.15, 0.2) is 79.0 Å². The molecule has 1 N–H and O–H groups in total. The Kier molecular flexibility index (Phi) is 6.73. The first-order valence-corrected chi connectivity index (χ1v) is 10.5. The highest BCUT2D eigenvalue weighted by Crippen LogP contribution is 2.21. The van der Waals surface area contributed by atoms with Crippen LogP contribution in [0.1, 0.15) is 21.5 Å². The molecule has 3 aromatic carbocycles.